The van der Waals surface area contributed by atoms with Crippen LogP contribution in [0.3, 0.4) is 0 Å². The standard InChI is InChI=1S/C6H10N4O/c1-10(5-2-3-5)6(11)4-8-9-7/h5H,2-4H2,1H3. The maximum absolute atomic E-state index is 11.0. The molecule has 1 aliphatic rings. The predicted octanol–water partition coefficient (Wildman–Crippen LogP) is 0.917. The lowest BCUT2D eigenvalue weighted by Crippen LogP contribution is -2.30. The van der Waals surface area contributed by atoms with Gasteiger partial charge >= 0.3 is 0 Å². The molecule has 0 aromatic carbocycles. The fourth-order valence-corrected chi connectivity index (χ4v) is 0.869. The Bertz CT molecular complexity index is 205. The summed E-state index contributed by atoms with van der Waals surface area (Å²) in [6, 6.07) is 0.399. The summed E-state index contributed by atoms with van der Waals surface area (Å²) in [5.74, 6) is -0.0923. The van der Waals surface area contributed by atoms with Gasteiger partial charge in [-0.1, -0.05) is 5.11 Å². The number of hydrogen-bond donors (Lipinski definition) is 0. The van der Waals surface area contributed by atoms with Gasteiger partial charge in [-0.2, -0.15) is 0 Å². The van der Waals surface area contributed by atoms with E-state index in [0.29, 0.717) is 6.04 Å². The van der Waals surface area contributed by atoms with E-state index in [1.807, 2.05) is 0 Å². The summed E-state index contributed by atoms with van der Waals surface area (Å²) < 4.78 is 0. The van der Waals surface area contributed by atoms with Gasteiger partial charge in [0.2, 0.25) is 5.91 Å². The molecule has 0 radical (unpaired) electrons. The van der Waals surface area contributed by atoms with E-state index in [9.17, 15) is 4.79 Å². The minimum Gasteiger partial charge on any atom is -0.343 e. The van der Waals surface area contributed by atoms with E-state index in [1.54, 1.807) is 11.9 Å². The third-order valence-corrected chi connectivity index (χ3v) is 1.76. The number of azide groups is 1. The SMILES string of the molecule is CN(C(=O)CN=[N+]=[N-])C1CC1. The number of nitrogens with zero attached hydrogens (tertiary/aromatic N) is 4. The van der Waals surface area contributed by atoms with Crippen molar-refractivity contribution in [3.8, 4) is 0 Å². The molecule has 5 nitrogen and oxygen atoms in total. The van der Waals surface area contributed by atoms with Crippen molar-refractivity contribution in [2.45, 2.75) is 18.9 Å². The highest BCUT2D eigenvalue weighted by Gasteiger charge is 2.28. The van der Waals surface area contributed by atoms with Gasteiger partial charge in [-0.25, -0.2) is 0 Å². The fraction of sp³-hybridized carbons (Fsp3) is 0.833. The number of likely N-dealkylation sites (N-methyl/N-ethyl adjacent to an activating group) is 1. The first-order chi connectivity index (χ1) is 5.25. The van der Waals surface area contributed by atoms with Gasteiger partial charge < -0.3 is 4.90 Å². The van der Waals surface area contributed by atoms with E-state index in [0.717, 1.165) is 12.8 Å². The van der Waals surface area contributed by atoms with E-state index < -0.39 is 0 Å². The molecule has 1 aliphatic carbocycles. The van der Waals surface area contributed by atoms with Crippen molar-refractivity contribution < 1.29 is 4.79 Å². The summed E-state index contributed by atoms with van der Waals surface area (Å²) >= 11 is 0. The van der Waals surface area contributed by atoms with Gasteiger partial charge in [0.15, 0.2) is 0 Å². The second kappa shape index (κ2) is 3.25. The van der Waals surface area contributed by atoms with Crippen LogP contribution in [0.1, 0.15) is 12.8 Å². The van der Waals surface area contributed by atoms with E-state index >= 15 is 0 Å². The molecule has 0 aliphatic heterocycles. The lowest BCUT2D eigenvalue weighted by Gasteiger charge is -2.13. The highest BCUT2D eigenvalue weighted by atomic mass is 16.2. The Hall–Kier alpha value is -1.22. The quantitative estimate of drug-likeness (QED) is 0.338. The maximum atomic E-state index is 11.0. The molecule has 1 fully saturated rings. The zero-order chi connectivity index (χ0) is 8.27. The smallest absolute Gasteiger partial charge is 0.228 e. The third-order valence-electron chi connectivity index (χ3n) is 1.76. The van der Waals surface area contributed by atoms with Crippen molar-refractivity contribution in [2.75, 3.05) is 13.6 Å². The molecule has 0 unspecified atom stereocenters. The molecule has 1 rings (SSSR count). The number of carbonyl (C=O) groups excluding carboxylic acids is 1. The normalized spacial score (nSPS) is 15.4. The fourth-order valence-electron chi connectivity index (χ4n) is 0.869. The van der Waals surface area contributed by atoms with E-state index in [1.165, 1.54) is 0 Å². The van der Waals surface area contributed by atoms with Crippen LogP contribution in [-0.2, 0) is 4.79 Å². The van der Waals surface area contributed by atoms with E-state index in [-0.39, 0.29) is 12.5 Å². The molecule has 5 heteroatoms. The van der Waals surface area contributed by atoms with Crippen LogP contribution in [0.15, 0.2) is 5.11 Å². The van der Waals surface area contributed by atoms with Gasteiger partial charge in [0, 0.05) is 18.0 Å². The van der Waals surface area contributed by atoms with Gasteiger partial charge in [0.25, 0.3) is 0 Å². The average Bonchev–Trinajstić information content (AvgIpc) is 2.81. The topological polar surface area (TPSA) is 69.1 Å². The summed E-state index contributed by atoms with van der Waals surface area (Å²) in [7, 11) is 1.74. The van der Waals surface area contributed by atoms with E-state index in [2.05, 4.69) is 10.0 Å². The van der Waals surface area contributed by atoms with Crippen molar-refractivity contribution in [1.29, 1.82) is 0 Å². The largest absolute Gasteiger partial charge is 0.343 e. The first kappa shape index (κ1) is 7.88. The lowest BCUT2D eigenvalue weighted by atomic mass is 10.5. The Morgan fingerprint density at radius 3 is 2.91 bits per heavy atom. The Kier molecular flexibility index (Phi) is 2.33. The van der Waals surface area contributed by atoms with Gasteiger partial charge in [0.05, 0.1) is 0 Å². The Balaban J connectivity index is 2.32. The van der Waals surface area contributed by atoms with Crippen molar-refractivity contribution in [3.63, 3.8) is 0 Å². The molecule has 1 saturated carbocycles. The molecule has 0 aromatic rings. The van der Waals surface area contributed by atoms with Gasteiger partial charge in [-0.05, 0) is 18.4 Å². The lowest BCUT2D eigenvalue weighted by molar-refractivity contribution is -0.128. The first-order valence-corrected chi connectivity index (χ1v) is 3.52. The number of carbonyl (C=O) groups is 1. The second-order valence-electron chi connectivity index (χ2n) is 2.62. The molecule has 1 amide bonds. The Morgan fingerprint density at radius 2 is 2.45 bits per heavy atom. The van der Waals surface area contributed by atoms with Crippen LogP contribution in [0.25, 0.3) is 10.4 Å². The van der Waals surface area contributed by atoms with Gasteiger partial charge in [-0.3, -0.25) is 4.79 Å². The van der Waals surface area contributed by atoms with Crippen LogP contribution in [0.2, 0.25) is 0 Å². The summed E-state index contributed by atoms with van der Waals surface area (Å²) in [5.41, 5.74) is 7.94. The van der Waals surface area contributed by atoms with Crippen molar-refractivity contribution in [1.82, 2.24) is 4.90 Å². The molecule has 0 bridgehead atoms. The molecule has 0 atom stereocenters. The van der Waals surface area contributed by atoms with Crippen molar-refractivity contribution >= 4 is 5.91 Å². The summed E-state index contributed by atoms with van der Waals surface area (Å²) in [4.78, 5) is 15.2. The van der Waals surface area contributed by atoms with Crippen molar-refractivity contribution in [3.05, 3.63) is 10.4 Å². The van der Waals surface area contributed by atoms with Crippen LogP contribution < -0.4 is 0 Å². The monoisotopic (exact) mass is 154 g/mol. The zero-order valence-electron chi connectivity index (χ0n) is 6.40. The van der Waals surface area contributed by atoms with Crippen LogP contribution >= 0.6 is 0 Å². The highest BCUT2D eigenvalue weighted by Crippen LogP contribution is 2.25. The average molecular weight is 154 g/mol. The molecule has 60 valence electrons. The molecule has 0 N–H and O–H groups in total. The highest BCUT2D eigenvalue weighted by molar-refractivity contribution is 5.78. The molecule has 0 heterocycles. The Labute approximate surface area is 64.6 Å². The van der Waals surface area contributed by atoms with Gasteiger partial charge in [0.1, 0.15) is 6.54 Å². The number of rotatable bonds is 3. The van der Waals surface area contributed by atoms with Gasteiger partial charge in [-0.15, -0.1) is 0 Å². The van der Waals surface area contributed by atoms with Crippen LogP contribution in [0.4, 0.5) is 0 Å². The molecule has 11 heavy (non-hydrogen) atoms. The molecular formula is C6H10N4O. The number of amides is 1. The second-order valence-corrected chi connectivity index (χ2v) is 2.62. The zero-order valence-corrected chi connectivity index (χ0v) is 6.40. The molecular weight excluding hydrogens is 144 g/mol. The molecule has 0 saturated heterocycles. The van der Waals surface area contributed by atoms with Crippen LogP contribution in [0, 0.1) is 0 Å². The minimum absolute atomic E-state index is 0.0521. The summed E-state index contributed by atoms with van der Waals surface area (Å²) in [5, 5.41) is 3.19. The first-order valence-electron chi connectivity index (χ1n) is 3.52. The molecule has 0 aromatic heterocycles. The third kappa shape index (κ3) is 2.13. The molecule has 0 spiro atoms. The van der Waals surface area contributed by atoms with Crippen LogP contribution in [0.5, 0.6) is 0 Å². The maximum Gasteiger partial charge on any atom is 0.228 e. The Morgan fingerprint density at radius 1 is 1.82 bits per heavy atom. The van der Waals surface area contributed by atoms with Crippen LogP contribution in [-0.4, -0.2) is 30.4 Å². The predicted molar refractivity (Wildman–Crippen MR) is 39.8 cm³/mol. The number of hydrogen-bond acceptors (Lipinski definition) is 2. The van der Waals surface area contributed by atoms with Crippen molar-refractivity contribution in [2.24, 2.45) is 5.11 Å². The minimum atomic E-state index is -0.0923. The van der Waals surface area contributed by atoms with E-state index in [4.69, 9.17) is 5.53 Å². The summed E-state index contributed by atoms with van der Waals surface area (Å²) in [6.45, 7) is -0.0521. The summed E-state index contributed by atoms with van der Waals surface area (Å²) in [6.07, 6.45) is 2.16.